The maximum Gasteiger partial charge on any atom is 0.243 e. The largest absolute Gasteiger partial charge is 0.500 e. The number of nitrogens with zero attached hydrogens (tertiary/aromatic N) is 6. The van der Waals surface area contributed by atoms with E-state index in [1.165, 1.54) is 32.1 Å². The van der Waals surface area contributed by atoms with Crippen molar-refractivity contribution in [3.63, 3.8) is 0 Å². The highest BCUT2D eigenvalue weighted by molar-refractivity contribution is 7.93. The molecule has 0 aliphatic rings. The number of aromatic nitrogens is 4. The number of amidine groups is 1. The van der Waals surface area contributed by atoms with Crippen LogP contribution in [0.2, 0.25) is 0 Å². The molecule has 0 fully saturated rings. The minimum Gasteiger partial charge on any atom is -0.500 e. The van der Waals surface area contributed by atoms with Crippen molar-refractivity contribution in [2.75, 3.05) is 26.1 Å². The number of nitrogens with one attached hydrogen (secondary N) is 1. The number of hydrogen-bond donors (Lipinski definition) is 1. The highest BCUT2D eigenvalue weighted by Gasteiger charge is 2.32. The fraction of sp³-hybridized carbons (Fsp3) is 0.346. The topological polar surface area (TPSA) is 142 Å². The van der Waals surface area contributed by atoms with Gasteiger partial charge in [0.05, 0.1) is 32.8 Å². The molecule has 3 rings (SSSR count). The summed E-state index contributed by atoms with van der Waals surface area (Å²) >= 11 is 0. The summed E-state index contributed by atoms with van der Waals surface area (Å²) in [7, 11) is 0.475. The molecule has 0 radical (unpaired) electrons. The number of sulfonamides is 1. The average Bonchev–Trinajstić information content (AvgIpc) is 3.34. The van der Waals surface area contributed by atoms with Gasteiger partial charge >= 0.3 is 0 Å². The molecular formula is C26H33N7O5S. The first-order valence-corrected chi connectivity index (χ1v) is 13.5. The second-order valence-corrected chi connectivity index (χ2v) is 10.7. The lowest BCUT2D eigenvalue weighted by molar-refractivity contribution is 0.292. The van der Waals surface area contributed by atoms with Gasteiger partial charge in [0.1, 0.15) is 28.8 Å². The molecule has 0 unspecified atom stereocenters. The third-order valence-corrected chi connectivity index (χ3v) is 7.97. The lowest BCUT2D eigenvalue weighted by atomic mass is 10.1. The average molecular weight is 556 g/mol. The number of para-hydroxylation sites is 1. The zero-order chi connectivity index (χ0) is 28.7. The second-order valence-electron chi connectivity index (χ2n) is 8.67. The van der Waals surface area contributed by atoms with Crippen LogP contribution in [0.5, 0.6) is 11.5 Å². The van der Waals surface area contributed by atoms with Crippen molar-refractivity contribution >= 4 is 28.5 Å². The van der Waals surface area contributed by atoms with Gasteiger partial charge in [-0.15, -0.1) is 10.2 Å². The summed E-state index contributed by atoms with van der Waals surface area (Å²) in [6.45, 7) is 10.4. The summed E-state index contributed by atoms with van der Waals surface area (Å²) < 4.78 is 47.7. The van der Waals surface area contributed by atoms with Crippen molar-refractivity contribution in [1.82, 2.24) is 19.7 Å². The Bertz CT molecular complexity index is 1480. The third-order valence-electron chi connectivity index (χ3n) is 6.12. The van der Waals surface area contributed by atoms with Crippen LogP contribution in [0.4, 0.5) is 5.95 Å². The Morgan fingerprint density at radius 3 is 2.36 bits per heavy atom. The molecule has 0 spiro atoms. The Morgan fingerprint density at radius 1 is 1.13 bits per heavy atom. The van der Waals surface area contributed by atoms with Crippen molar-refractivity contribution < 1.29 is 22.6 Å². The third kappa shape index (κ3) is 6.42. The number of aryl methyl sites for hydroxylation is 1. The van der Waals surface area contributed by atoms with Gasteiger partial charge in [-0.1, -0.05) is 13.0 Å². The molecule has 1 aromatic carbocycles. The van der Waals surface area contributed by atoms with Gasteiger partial charge in [0, 0.05) is 23.9 Å². The predicted octanol–water partition coefficient (Wildman–Crippen LogP) is 4.03. The fourth-order valence-electron chi connectivity index (χ4n) is 3.69. The van der Waals surface area contributed by atoms with Gasteiger partial charge in [-0.05, 0) is 51.3 Å². The molecule has 0 aliphatic carbocycles. The van der Waals surface area contributed by atoms with Gasteiger partial charge in [0.15, 0.2) is 5.82 Å². The van der Waals surface area contributed by atoms with Gasteiger partial charge in [-0.2, -0.15) is 0 Å². The first-order valence-electron chi connectivity index (χ1n) is 11.9. The molecule has 0 aliphatic heterocycles. The van der Waals surface area contributed by atoms with Crippen molar-refractivity contribution in [2.24, 2.45) is 15.9 Å². The maximum atomic E-state index is 13.6. The number of rotatable bonds is 11. The van der Waals surface area contributed by atoms with Crippen molar-refractivity contribution in [3.8, 4) is 28.6 Å². The monoisotopic (exact) mass is 555 g/mol. The highest BCUT2D eigenvalue weighted by Crippen LogP contribution is 2.38. The number of pyridine rings is 1. The molecule has 1 N–H and O–H groups in total. The van der Waals surface area contributed by atoms with Crippen LogP contribution in [-0.4, -0.2) is 67.3 Å². The van der Waals surface area contributed by atoms with Crippen LogP contribution in [0.3, 0.4) is 0 Å². The summed E-state index contributed by atoms with van der Waals surface area (Å²) in [6.07, 6.45) is 4.78. The first kappa shape index (κ1) is 29.3. The van der Waals surface area contributed by atoms with Crippen LogP contribution in [0, 0.1) is 12.8 Å². The molecule has 0 saturated carbocycles. The Balaban J connectivity index is 2.15. The molecule has 2 aromatic heterocycles. The summed E-state index contributed by atoms with van der Waals surface area (Å²) in [5.74, 6) is 1.26. The van der Waals surface area contributed by atoms with Gasteiger partial charge in [-0.25, -0.2) is 18.4 Å². The molecule has 13 heteroatoms. The smallest absolute Gasteiger partial charge is 0.243 e. The molecule has 2 atom stereocenters. The van der Waals surface area contributed by atoms with E-state index in [9.17, 15) is 8.42 Å². The van der Waals surface area contributed by atoms with Gasteiger partial charge in [0.25, 0.3) is 0 Å². The van der Waals surface area contributed by atoms with Crippen LogP contribution < -0.4 is 14.2 Å². The predicted molar refractivity (Wildman–Crippen MR) is 151 cm³/mol. The van der Waals surface area contributed by atoms with E-state index in [2.05, 4.69) is 36.6 Å². The van der Waals surface area contributed by atoms with E-state index < -0.39 is 21.2 Å². The van der Waals surface area contributed by atoms with Gasteiger partial charge in [-0.3, -0.25) is 14.3 Å². The van der Waals surface area contributed by atoms with E-state index in [0.29, 0.717) is 34.3 Å². The van der Waals surface area contributed by atoms with Crippen LogP contribution in [-0.2, 0) is 14.8 Å². The molecule has 2 heterocycles. The summed E-state index contributed by atoms with van der Waals surface area (Å²) in [4.78, 5) is 12.4. The number of ether oxygens (including phenoxy) is 3. The number of aliphatic imine (C=N–C) groups is 2. The Morgan fingerprint density at radius 2 is 1.79 bits per heavy atom. The number of anilines is 1. The maximum absolute atomic E-state index is 13.6. The minimum absolute atomic E-state index is 0.0615. The molecule has 0 amide bonds. The number of allylic oxidation sites excluding steroid dienone is 1. The quantitative estimate of drug-likeness (QED) is 0.212. The number of hydrogen-bond acceptors (Lipinski definition) is 9. The first-order chi connectivity index (χ1) is 18.6. The zero-order valence-corrected chi connectivity index (χ0v) is 23.9. The summed E-state index contributed by atoms with van der Waals surface area (Å²) in [5.41, 5.74) is 1.92. The van der Waals surface area contributed by atoms with Crippen molar-refractivity contribution in [1.29, 1.82) is 0 Å². The fourth-order valence-corrected chi connectivity index (χ4v) is 4.92. The Kier molecular flexibility index (Phi) is 9.41. The van der Waals surface area contributed by atoms with Crippen LogP contribution >= 0.6 is 0 Å². The molecule has 0 saturated heterocycles. The lowest BCUT2D eigenvalue weighted by Gasteiger charge is -2.21. The molecule has 208 valence electrons. The number of methoxy groups -OCH3 is 3. The van der Waals surface area contributed by atoms with E-state index >= 15 is 0 Å². The minimum atomic E-state index is -4.05. The van der Waals surface area contributed by atoms with Gasteiger partial charge < -0.3 is 14.2 Å². The van der Waals surface area contributed by atoms with E-state index in [0.717, 1.165) is 5.56 Å². The second kappa shape index (κ2) is 12.5. The molecule has 12 nitrogen and oxygen atoms in total. The normalized spacial score (nSPS) is 13.9. The highest BCUT2D eigenvalue weighted by atomic mass is 32.2. The number of benzene rings is 1. The van der Waals surface area contributed by atoms with Gasteiger partial charge in [0.2, 0.25) is 16.0 Å². The van der Waals surface area contributed by atoms with Crippen molar-refractivity contribution in [2.45, 2.75) is 32.9 Å². The standard InChI is InChI=1S/C26H33N7O5S/c1-16-12-20(15-28-13-16)25-30-31-26(33(25)23-21(37-7)10-9-11-22(23)38-8)32-39(34,35)19(4)18(3)24(27-5)29-14-17(2)36-6/h9-15,18-19H,5H2,1-4,6-8H3,(H,31,32)/b17-14+,29-24-/t18-,19-/m0/s1. The molecule has 39 heavy (non-hydrogen) atoms. The molecule has 0 bridgehead atoms. The Labute approximate surface area is 228 Å². The molecular weight excluding hydrogens is 522 g/mol. The van der Waals surface area contributed by atoms with E-state index in [4.69, 9.17) is 14.2 Å². The Hall–Kier alpha value is -4.26. The SMILES string of the molecule is C=N/C(=N\C=C(/C)OC)[C@@H](C)[C@H](C)S(=O)(=O)Nc1nnc(-c2cncc(C)c2)n1-c1c(OC)cccc1OC. The van der Waals surface area contributed by atoms with Crippen LogP contribution in [0.15, 0.2) is 58.6 Å². The van der Waals surface area contributed by atoms with E-state index in [1.807, 2.05) is 13.0 Å². The van der Waals surface area contributed by atoms with Crippen LogP contribution in [0.1, 0.15) is 26.3 Å². The lowest BCUT2D eigenvalue weighted by Crippen LogP contribution is -2.35. The summed E-state index contributed by atoms with van der Waals surface area (Å²) in [6, 6.07) is 7.09. The van der Waals surface area contributed by atoms with Crippen molar-refractivity contribution in [3.05, 3.63) is 54.2 Å². The van der Waals surface area contributed by atoms with E-state index in [-0.39, 0.29) is 11.8 Å². The zero-order valence-electron chi connectivity index (χ0n) is 23.0. The van der Waals surface area contributed by atoms with Crippen LogP contribution in [0.25, 0.3) is 17.1 Å². The summed E-state index contributed by atoms with van der Waals surface area (Å²) in [5, 5.41) is 7.54. The van der Waals surface area contributed by atoms with E-state index in [1.54, 1.807) is 51.4 Å². The molecule has 3 aromatic rings.